The van der Waals surface area contributed by atoms with E-state index in [1.54, 1.807) is 17.5 Å². The van der Waals surface area contributed by atoms with Gasteiger partial charge in [0.2, 0.25) is 41.4 Å². The molecular weight excluding hydrogens is 1040 g/mol. The molecule has 0 aliphatic carbocycles. The number of rotatable bonds is 22. The number of carbonyl (C=O) groups is 5. The highest BCUT2D eigenvalue weighted by Gasteiger charge is 2.44. The van der Waals surface area contributed by atoms with Gasteiger partial charge in [-0.25, -0.2) is 15.0 Å². The first-order valence-electron chi connectivity index (χ1n) is 28.2. The second kappa shape index (κ2) is 26.7. The number of aliphatic hydroxyl groups is 1. The zero-order valence-electron chi connectivity index (χ0n) is 46.9. The fourth-order valence-electron chi connectivity index (χ4n) is 10.8. The minimum absolute atomic E-state index is 0.00930. The second-order valence-corrected chi connectivity index (χ2v) is 23.2. The number of hydrogen-bond acceptors (Lipinski definition) is 15. The number of benzene rings is 3. The topological polar surface area (TPSA) is 235 Å². The van der Waals surface area contributed by atoms with Crippen LogP contribution in [0.15, 0.2) is 103 Å². The Morgan fingerprint density at radius 3 is 2.28 bits per heavy atom. The number of nitrogens with one attached hydrogen (secondary N) is 5. The Bertz CT molecular complexity index is 3140. The van der Waals surface area contributed by atoms with Gasteiger partial charge in [-0.2, -0.15) is 4.98 Å². The standard InChI is InChI=1S/C60H76N14O6S/c1-6-52(78)72-28-14-17-46(36-72)74-55-48(67-59(74)66-43-15-10-9-11-16-43)35-63-58(69-55)65-44-23-25-45(26-24-44)71-31-29-70(30-32-71)38-51(77)61-27-13-8-7-12-18-50(76)68-54(60(3,4)5)57(80)73-37-47(75)33-49(73)56(79)62-34-41-19-21-42(22-20-41)53-40(2)64-39-81-53/h6,9-11,15-16,19-26,35,39,46-47,49,54,75H,1,7-8,12-14,17-18,27-34,36-38H2,2-5H3,(H,61,77)(H,62,79)(H,66,67)(H,68,76)(H,63,65,69). The molecule has 428 valence electrons. The van der Waals surface area contributed by atoms with Crippen molar-refractivity contribution >= 4 is 81.0 Å². The monoisotopic (exact) mass is 1120 g/mol. The molecular formula is C60H76N14O6S. The van der Waals surface area contributed by atoms with Crippen LogP contribution in [0.1, 0.15) is 89.4 Å². The summed E-state index contributed by atoms with van der Waals surface area (Å²) in [5.41, 5.74) is 8.22. The summed E-state index contributed by atoms with van der Waals surface area (Å²) in [4.78, 5) is 94.1. The molecule has 3 aliphatic heterocycles. The summed E-state index contributed by atoms with van der Waals surface area (Å²) in [6.45, 7) is 16.7. The molecule has 4 unspecified atom stereocenters. The highest BCUT2D eigenvalue weighted by atomic mass is 32.1. The molecule has 4 atom stereocenters. The molecule has 81 heavy (non-hydrogen) atoms. The van der Waals surface area contributed by atoms with Gasteiger partial charge in [0, 0.05) is 88.8 Å². The average Bonchev–Trinajstić information content (AvgIpc) is 4.33. The van der Waals surface area contributed by atoms with Crippen molar-refractivity contribution in [2.45, 2.75) is 110 Å². The van der Waals surface area contributed by atoms with Crippen molar-refractivity contribution < 1.29 is 29.1 Å². The SMILES string of the molecule is C=CC(=O)N1CCCC(n2c(Nc3ccccc3)nc3cnc(Nc4ccc(N5CCN(CC(=O)NCCCCCCC(=O)NC(C(=O)N6CC(O)CC6C(=O)NCc6ccc(-c7scnc7C)cc6)C(C)(C)C)CC5)cc4)nc32)C1. The Labute approximate surface area is 477 Å². The van der Waals surface area contributed by atoms with Crippen LogP contribution in [0.5, 0.6) is 0 Å². The minimum atomic E-state index is -0.888. The third kappa shape index (κ3) is 15.0. The van der Waals surface area contributed by atoms with Crippen LogP contribution in [-0.2, 0) is 30.5 Å². The predicted octanol–water partition coefficient (Wildman–Crippen LogP) is 7.09. The van der Waals surface area contributed by atoms with Crippen LogP contribution in [0.4, 0.5) is 29.0 Å². The number of unbranched alkanes of at least 4 members (excludes halogenated alkanes) is 3. The third-order valence-corrected chi connectivity index (χ3v) is 16.3. The second-order valence-electron chi connectivity index (χ2n) is 22.4. The van der Waals surface area contributed by atoms with E-state index in [1.807, 2.05) is 105 Å². The van der Waals surface area contributed by atoms with Gasteiger partial charge in [-0.05, 0) is 91.6 Å². The fourth-order valence-corrected chi connectivity index (χ4v) is 11.7. The van der Waals surface area contributed by atoms with Crippen molar-refractivity contribution in [1.29, 1.82) is 0 Å². The lowest BCUT2D eigenvalue weighted by molar-refractivity contribution is -0.144. The van der Waals surface area contributed by atoms with E-state index >= 15 is 0 Å². The van der Waals surface area contributed by atoms with Crippen LogP contribution in [0.2, 0.25) is 0 Å². The largest absolute Gasteiger partial charge is 0.391 e. The summed E-state index contributed by atoms with van der Waals surface area (Å²) in [5.74, 6) is -0.00655. The molecule has 3 aromatic carbocycles. The number of hydrogen-bond donors (Lipinski definition) is 6. The number of likely N-dealkylation sites (tertiary alicyclic amines) is 2. The maximum absolute atomic E-state index is 14.1. The lowest BCUT2D eigenvalue weighted by Gasteiger charge is -2.35. The van der Waals surface area contributed by atoms with Crippen LogP contribution in [0.3, 0.4) is 0 Å². The number of anilines is 5. The molecule has 3 saturated heterocycles. The van der Waals surface area contributed by atoms with E-state index in [0.717, 1.165) is 97.0 Å². The Kier molecular flexibility index (Phi) is 19.1. The summed E-state index contributed by atoms with van der Waals surface area (Å²) in [6.07, 6.45) is 7.33. The van der Waals surface area contributed by atoms with E-state index in [0.29, 0.717) is 55.7 Å². The normalized spacial score (nSPS) is 18.1. The van der Waals surface area contributed by atoms with Gasteiger partial charge in [-0.15, -0.1) is 11.3 Å². The molecule has 5 amide bonds. The summed E-state index contributed by atoms with van der Waals surface area (Å²) in [5, 5.41) is 26.4. The summed E-state index contributed by atoms with van der Waals surface area (Å²) < 4.78 is 2.09. The zero-order valence-corrected chi connectivity index (χ0v) is 47.7. The first-order valence-corrected chi connectivity index (χ1v) is 29.1. The summed E-state index contributed by atoms with van der Waals surface area (Å²) in [6, 6.07) is 24.1. The molecule has 9 rings (SSSR count). The van der Waals surface area contributed by atoms with Gasteiger partial charge in [-0.1, -0.05) is 82.7 Å². The smallest absolute Gasteiger partial charge is 0.246 e. The number of imidazole rings is 1. The first kappa shape index (κ1) is 57.9. The Morgan fingerprint density at radius 1 is 0.827 bits per heavy atom. The number of amides is 5. The van der Waals surface area contributed by atoms with E-state index in [4.69, 9.17) is 9.97 Å². The van der Waals surface area contributed by atoms with Gasteiger partial charge in [0.1, 0.15) is 17.6 Å². The Balaban J connectivity index is 0.669. The van der Waals surface area contributed by atoms with Crippen LogP contribution in [-0.4, -0.2) is 151 Å². The maximum atomic E-state index is 14.1. The van der Waals surface area contributed by atoms with E-state index < -0.39 is 23.6 Å². The molecule has 0 radical (unpaired) electrons. The first-order chi connectivity index (χ1) is 39.1. The minimum Gasteiger partial charge on any atom is -0.391 e. The molecule has 0 saturated carbocycles. The number of aromatic nitrogens is 5. The number of β-amino-alcohol motifs (C(OH)–C–C–N with tert-alkyl or cyclic N) is 1. The molecule has 0 bridgehead atoms. The Hall–Kier alpha value is -7.75. The van der Waals surface area contributed by atoms with E-state index in [9.17, 15) is 29.1 Å². The number of thiazole rings is 1. The lowest BCUT2D eigenvalue weighted by atomic mass is 9.85. The molecule has 20 nitrogen and oxygen atoms in total. The van der Waals surface area contributed by atoms with Gasteiger partial charge in [0.05, 0.1) is 41.0 Å². The summed E-state index contributed by atoms with van der Waals surface area (Å²) >= 11 is 1.58. The number of aryl methyl sites for hydroxylation is 1. The van der Waals surface area contributed by atoms with Crippen molar-refractivity contribution in [2.75, 3.05) is 74.4 Å². The van der Waals surface area contributed by atoms with Crippen LogP contribution >= 0.6 is 11.3 Å². The van der Waals surface area contributed by atoms with Crippen LogP contribution in [0, 0.1) is 12.3 Å². The van der Waals surface area contributed by atoms with E-state index in [2.05, 4.69) is 69.6 Å². The number of piperazine rings is 1. The quantitative estimate of drug-likeness (QED) is 0.0294. The maximum Gasteiger partial charge on any atom is 0.246 e. The van der Waals surface area contributed by atoms with Crippen LogP contribution < -0.4 is 31.5 Å². The molecule has 6 N–H and O–H groups in total. The van der Waals surface area contributed by atoms with Gasteiger partial charge in [0.15, 0.2) is 5.65 Å². The van der Waals surface area contributed by atoms with Crippen molar-refractivity contribution in [2.24, 2.45) is 5.41 Å². The van der Waals surface area contributed by atoms with Crippen LogP contribution in [0.25, 0.3) is 21.6 Å². The molecule has 0 spiro atoms. The van der Waals surface area contributed by atoms with E-state index in [1.165, 1.54) is 11.0 Å². The molecule has 21 heteroatoms. The van der Waals surface area contributed by atoms with Crippen molar-refractivity contribution in [3.63, 3.8) is 0 Å². The number of fused-ring (bicyclic) bond motifs is 1. The molecule has 3 fully saturated rings. The predicted molar refractivity (Wildman–Crippen MR) is 316 cm³/mol. The molecule has 3 aliphatic rings. The van der Waals surface area contributed by atoms with Gasteiger partial charge >= 0.3 is 0 Å². The highest BCUT2D eigenvalue weighted by molar-refractivity contribution is 7.13. The molecule has 6 heterocycles. The average molecular weight is 1120 g/mol. The van der Waals surface area contributed by atoms with Gasteiger partial charge in [-0.3, -0.25) is 33.4 Å². The Morgan fingerprint density at radius 2 is 1.57 bits per heavy atom. The van der Waals surface area contributed by atoms with E-state index in [-0.39, 0.29) is 61.5 Å². The molecule has 6 aromatic rings. The van der Waals surface area contributed by atoms with Crippen molar-refractivity contribution in [3.8, 4) is 10.4 Å². The van der Waals surface area contributed by atoms with Crippen molar-refractivity contribution in [3.05, 3.63) is 114 Å². The number of aliphatic hydroxyl groups excluding tert-OH is 1. The highest BCUT2D eigenvalue weighted by Crippen LogP contribution is 2.33. The number of carbonyl (C=O) groups excluding carboxylic acids is 5. The van der Waals surface area contributed by atoms with Gasteiger partial charge < -0.3 is 46.4 Å². The lowest BCUT2D eigenvalue weighted by Crippen LogP contribution is -2.57. The fraction of sp³-hybridized carbons (Fsp3) is 0.450. The zero-order chi connectivity index (χ0) is 57.0. The van der Waals surface area contributed by atoms with Gasteiger partial charge in [0.25, 0.3) is 0 Å². The third-order valence-electron chi connectivity index (χ3n) is 15.3. The number of para-hydroxylation sites is 1. The number of nitrogens with zero attached hydrogens (tertiary/aromatic N) is 9. The van der Waals surface area contributed by atoms with Crippen molar-refractivity contribution in [1.82, 2.24) is 55.2 Å². The number of piperidine rings is 1. The molecule has 3 aromatic heterocycles. The summed E-state index contributed by atoms with van der Waals surface area (Å²) in [7, 11) is 0.